The van der Waals surface area contributed by atoms with E-state index in [4.69, 9.17) is 19.6 Å². The molecule has 4 rings (SSSR count). The Morgan fingerprint density at radius 2 is 1.91 bits per heavy atom. The number of hydrogen-bond acceptors (Lipinski definition) is 9. The Morgan fingerprint density at radius 1 is 1.21 bits per heavy atom. The number of anilines is 1. The van der Waals surface area contributed by atoms with Crippen LogP contribution < -0.4 is 5.73 Å². The summed E-state index contributed by atoms with van der Waals surface area (Å²) in [6, 6.07) is 8.60. The number of nitrogens with two attached hydrogens (primary N) is 1. The van der Waals surface area contributed by atoms with Gasteiger partial charge in [-0.1, -0.05) is 39.0 Å². The summed E-state index contributed by atoms with van der Waals surface area (Å²) in [4.78, 5) is 25.4. The van der Waals surface area contributed by atoms with Crippen molar-refractivity contribution in [2.45, 2.75) is 63.4 Å². The molecule has 182 valence electrons. The van der Waals surface area contributed by atoms with Gasteiger partial charge in [0.05, 0.1) is 18.5 Å². The highest BCUT2D eigenvalue weighted by Crippen LogP contribution is 2.39. The van der Waals surface area contributed by atoms with Gasteiger partial charge in [0.25, 0.3) is 0 Å². The van der Waals surface area contributed by atoms with E-state index in [1.165, 1.54) is 12.7 Å². The van der Waals surface area contributed by atoms with Gasteiger partial charge in [-0.05, 0) is 30.3 Å². The lowest BCUT2D eigenvalue weighted by atomic mass is 10.1. The summed E-state index contributed by atoms with van der Waals surface area (Å²) in [5.74, 6) is -0.347. The van der Waals surface area contributed by atoms with Crippen molar-refractivity contribution in [3.8, 4) is 0 Å². The van der Waals surface area contributed by atoms with Crippen molar-refractivity contribution >= 4 is 31.3 Å². The number of ether oxygens (including phenoxy) is 2. The van der Waals surface area contributed by atoms with Crippen LogP contribution in [-0.2, 0) is 13.9 Å². The first kappa shape index (κ1) is 24.3. The van der Waals surface area contributed by atoms with Crippen LogP contribution in [0.5, 0.6) is 0 Å². The summed E-state index contributed by atoms with van der Waals surface area (Å²) in [5, 5.41) is 11.2. The zero-order chi connectivity index (χ0) is 24.7. The first-order valence-corrected chi connectivity index (χ1v) is 14.1. The summed E-state index contributed by atoms with van der Waals surface area (Å²) in [5.41, 5.74) is 7.12. The van der Waals surface area contributed by atoms with Crippen molar-refractivity contribution in [3.05, 3.63) is 48.5 Å². The van der Waals surface area contributed by atoms with E-state index in [1.54, 1.807) is 28.8 Å². The minimum absolute atomic E-state index is 0.00979. The Bertz CT molecular complexity index is 1160. The summed E-state index contributed by atoms with van der Waals surface area (Å²) in [6.45, 7) is 10.8. The molecule has 1 aromatic carbocycles. The topological polar surface area (TPSA) is 135 Å². The number of rotatable bonds is 6. The first-order chi connectivity index (χ1) is 16.0. The molecule has 0 saturated carbocycles. The Hall–Kier alpha value is -2.86. The second-order valence-corrected chi connectivity index (χ2v) is 14.8. The third-order valence-electron chi connectivity index (χ3n) is 6.64. The smallest absolute Gasteiger partial charge is 0.338 e. The molecule has 0 bridgehead atoms. The highest BCUT2D eigenvalue weighted by atomic mass is 28.4. The summed E-state index contributed by atoms with van der Waals surface area (Å²) in [7, 11) is -2.10. The van der Waals surface area contributed by atoms with Crippen LogP contribution in [0.15, 0.2) is 43.0 Å². The number of imidazole rings is 1. The number of aromatic nitrogens is 4. The lowest BCUT2D eigenvalue weighted by Crippen LogP contribution is -2.45. The highest BCUT2D eigenvalue weighted by molar-refractivity contribution is 6.74. The average molecular weight is 486 g/mol. The number of fused-ring (bicyclic) bond motifs is 1. The van der Waals surface area contributed by atoms with E-state index in [1.807, 2.05) is 6.07 Å². The Kier molecular flexibility index (Phi) is 6.47. The SMILES string of the molecule is CC(C)(C)[Si](C)(C)OC[C@H]1O[C@@H](n2cnc3c(N)ncnc32)C(OC(=O)c2ccccc2)C1O. The fourth-order valence-electron chi connectivity index (χ4n) is 3.54. The third-order valence-corrected chi connectivity index (χ3v) is 11.1. The predicted molar refractivity (Wildman–Crippen MR) is 128 cm³/mol. The van der Waals surface area contributed by atoms with Gasteiger partial charge in [-0.2, -0.15) is 0 Å². The normalized spacial score (nSPS) is 23.4. The molecule has 0 radical (unpaired) electrons. The van der Waals surface area contributed by atoms with Gasteiger partial charge < -0.3 is 24.7 Å². The van der Waals surface area contributed by atoms with Crippen LogP contribution in [0.25, 0.3) is 11.2 Å². The molecule has 1 aliphatic rings. The molecule has 2 unspecified atom stereocenters. The van der Waals surface area contributed by atoms with Gasteiger partial charge in [-0.15, -0.1) is 0 Å². The van der Waals surface area contributed by atoms with Crippen LogP contribution in [0.1, 0.15) is 37.4 Å². The summed E-state index contributed by atoms with van der Waals surface area (Å²) < 4.78 is 19.9. The van der Waals surface area contributed by atoms with Crippen molar-refractivity contribution in [2.24, 2.45) is 0 Å². The minimum atomic E-state index is -2.10. The van der Waals surface area contributed by atoms with Gasteiger partial charge in [0, 0.05) is 0 Å². The molecule has 1 fully saturated rings. The number of esters is 1. The van der Waals surface area contributed by atoms with Gasteiger partial charge in [0.2, 0.25) is 0 Å². The zero-order valence-corrected chi connectivity index (χ0v) is 21.0. The molecule has 1 aliphatic heterocycles. The molecule has 3 N–H and O–H groups in total. The maximum Gasteiger partial charge on any atom is 0.338 e. The molecule has 11 heteroatoms. The van der Waals surface area contributed by atoms with E-state index in [0.29, 0.717) is 16.7 Å². The molecule has 4 atom stereocenters. The number of benzene rings is 1. The Labute approximate surface area is 199 Å². The van der Waals surface area contributed by atoms with E-state index in [-0.39, 0.29) is 17.5 Å². The van der Waals surface area contributed by atoms with Crippen molar-refractivity contribution in [1.29, 1.82) is 0 Å². The van der Waals surface area contributed by atoms with E-state index >= 15 is 0 Å². The van der Waals surface area contributed by atoms with Gasteiger partial charge in [0.1, 0.15) is 24.1 Å². The predicted octanol–water partition coefficient (Wildman–Crippen LogP) is 2.91. The molecule has 3 aromatic rings. The number of aliphatic hydroxyl groups excluding tert-OH is 1. The molecule has 0 amide bonds. The molecular weight excluding hydrogens is 454 g/mol. The molecule has 2 aromatic heterocycles. The number of carbonyl (C=O) groups excluding carboxylic acids is 1. The minimum Gasteiger partial charge on any atom is -0.451 e. The van der Waals surface area contributed by atoms with E-state index in [0.717, 1.165) is 0 Å². The monoisotopic (exact) mass is 485 g/mol. The highest BCUT2D eigenvalue weighted by Gasteiger charge is 2.49. The van der Waals surface area contributed by atoms with Crippen LogP contribution in [0.4, 0.5) is 5.82 Å². The molecule has 1 saturated heterocycles. The van der Waals surface area contributed by atoms with Gasteiger partial charge in [0.15, 0.2) is 32.1 Å². The van der Waals surface area contributed by atoms with Crippen molar-refractivity contribution in [1.82, 2.24) is 19.5 Å². The van der Waals surface area contributed by atoms with Gasteiger partial charge >= 0.3 is 5.97 Å². The average Bonchev–Trinajstić information content (AvgIpc) is 3.34. The molecular formula is C23H31N5O5Si. The lowest BCUT2D eigenvalue weighted by Gasteiger charge is -2.37. The second-order valence-electron chi connectivity index (χ2n) is 9.95. The van der Waals surface area contributed by atoms with Crippen LogP contribution in [0, 0.1) is 0 Å². The third kappa shape index (κ3) is 4.56. The van der Waals surface area contributed by atoms with Crippen LogP contribution >= 0.6 is 0 Å². The standard InChI is InChI=1S/C23H31N5O5Si/c1-23(2,3)34(4,5)31-11-15-17(29)18(33-22(30)14-9-7-6-8-10-14)21(32-15)28-13-27-16-19(24)25-12-26-20(16)28/h6-10,12-13,15,17-18,21,29H,11H2,1-5H3,(H2,24,25,26)/t15-,17?,18?,21-/m1/s1. The van der Waals surface area contributed by atoms with E-state index in [2.05, 4.69) is 48.8 Å². The molecule has 0 aliphatic carbocycles. The lowest BCUT2D eigenvalue weighted by molar-refractivity contribution is -0.0551. The van der Waals surface area contributed by atoms with Crippen LogP contribution in [0.2, 0.25) is 18.1 Å². The quantitative estimate of drug-likeness (QED) is 0.399. The van der Waals surface area contributed by atoms with Crippen molar-refractivity contribution in [3.63, 3.8) is 0 Å². The maximum absolute atomic E-state index is 12.9. The van der Waals surface area contributed by atoms with Crippen molar-refractivity contribution < 1.29 is 23.8 Å². The van der Waals surface area contributed by atoms with Crippen molar-refractivity contribution in [2.75, 3.05) is 12.3 Å². The second kappa shape index (κ2) is 9.06. The molecule has 10 nitrogen and oxygen atoms in total. The van der Waals surface area contributed by atoms with Crippen LogP contribution in [0.3, 0.4) is 0 Å². The summed E-state index contributed by atoms with van der Waals surface area (Å²) in [6.07, 6.45) is -0.926. The first-order valence-electron chi connectivity index (χ1n) is 11.2. The number of hydrogen-bond donors (Lipinski definition) is 2. The fraction of sp³-hybridized carbons (Fsp3) is 0.478. The zero-order valence-electron chi connectivity index (χ0n) is 20.0. The maximum atomic E-state index is 12.9. The number of nitrogen functional groups attached to an aromatic ring is 1. The van der Waals surface area contributed by atoms with Crippen LogP contribution in [-0.4, -0.2) is 63.8 Å². The molecule has 34 heavy (non-hydrogen) atoms. The molecule has 0 spiro atoms. The Morgan fingerprint density at radius 3 is 2.59 bits per heavy atom. The Balaban J connectivity index is 1.64. The van der Waals surface area contributed by atoms with Gasteiger partial charge in [-0.3, -0.25) is 4.57 Å². The van der Waals surface area contributed by atoms with E-state index in [9.17, 15) is 9.90 Å². The van der Waals surface area contributed by atoms with E-state index < -0.39 is 38.8 Å². The molecule has 3 heterocycles. The number of carbonyl (C=O) groups is 1. The summed E-state index contributed by atoms with van der Waals surface area (Å²) >= 11 is 0. The number of nitrogens with zero attached hydrogens (tertiary/aromatic N) is 4. The number of aliphatic hydroxyl groups is 1. The largest absolute Gasteiger partial charge is 0.451 e. The van der Waals surface area contributed by atoms with Gasteiger partial charge in [-0.25, -0.2) is 19.7 Å². The fourth-order valence-corrected chi connectivity index (χ4v) is 4.55.